The van der Waals surface area contributed by atoms with Crippen LogP contribution < -0.4 is 10.6 Å². The molecule has 9 nitrogen and oxygen atoms in total. The van der Waals surface area contributed by atoms with Gasteiger partial charge in [0.1, 0.15) is 11.3 Å². The van der Waals surface area contributed by atoms with Crippen molar-refractivity contribution in [2.24, 2.45) is 0 Å². The zero-order valence-electron chi connectivity index (χ0n) is 13.3. The molecule has 0 saturated heterocycles. The number of carbonyl (C=O) groups excluding carboxylic acids is 1. The SMILES string of the molecule is O=C(NCCNc1ncccn1)c1c(-n2cnnn2)sc2c1CCC2. The summed E-state index contributed by atoms with van der Waals surface area (Å²) < 4.78 is 1.56. The molecule has 3 heterocycles. The van der Waals surface area contributed by atoms with Crippen molar-refractivity contribution in [3.05, 3.63) is 40.8 Å². The molecule has 3 aromatic rings. The Balaban J connectivity index is 1.45. The van der Waals surface area contributed by atoms with E-state index in [0.717, 1.165) is 29.8 Å². The maximum atomic E-state index is 12.7. The second-order valence-electron chi connectivity index (χ2n) is 5.55. The zero-order chi connectivity index (χ0) is 17.1. The van der Waals surface area contributed by atoms with E-state index in [4.69, 9.17) is 0 Å². The van der Waals surface area contributed by atoms with Crippen LogP contribution >= 0.6 is 11.3 Å². The maximum absolute atomic E-state index is 12.7. The third-order valence-electron chi connectivity index (χ3n) is 3.95. The van der Waals surface area contributed by atoms with Gasteiger partial charge in [0.25, 0.3) is 5.91 Å². The first-order chi connectivity index (χ1) is 12.3. The smallest absolute Gasteiger partial charge is 0.254 e. The number of tetrazole rings is 1. The number of aromatic nitrogens is 6. The van der Waals surface area contributed by atoms with E-state index >= 15 is 0 Å². The first-order valence-corrected chi connectivity index (χ1v) is 8.81. The van der Waals surface area contributed by atoms with E-state index in [2.05, 4.69) is 36.1 Å². The van der Waals surface area contributed by atoms with Crippen LogP contribution in [0.15, 0.2) is 24.8 Å². The summed E-state index contributed by atoms with van der Waals surface area (Å²) in [4.78, 5) is 22.2. The van der Waals surface area contributed by atoms with Gasteiger partial charge in [0.15, 0.2) is 0 Å². The highest BCUT2D eigenvalue weighted by Crippen LogP contribution is 2.37. The molecule has 0 bridgehead atoms. The Morgan fingerprint density at radius 3 is 2.92 bits per heavy atom. The number of fused-ring (bicyclic) bond motifs is 1. The molecule has 0 saturated carbocycles. The van der Waals surface area contributed by atoms with E-state index in [1.54, 1.807) is 34.5 Å². The van der Waals surface area contributed by atoms with E-state index in [1.807, 2.05) is 0 Å². The molecular weight excluding hydrogens is 340 g/mol. The van der Waals surface area contributed by atoms with Gasteiger partial charge in [-0.1, -0.05) is 0 Å². The van der Waals surface area contributed by atoms with Crippen LogP contribution in [0.25, 0.3) is 5.00 Å². The fourth-order valence-corrected chi connectivity index (χ4v) is 4.17. The van der Waals surface area contributed by atoms with E-state index < -0.39 is 0 Å². The van der Waals surface area contributed by atoms with Gasteiger partial charge in [0.2, 0.25) is 5.95 Å². The number of nitrogens with one attached hydrogen (secondary N) is 2. The molecule has 0 spiro atoms. The number of carbonyl (C=O) groups is 1. The average molecular weight is 356 g/mol. The molecule has 0 aliphatic heterocycles. The van der Waals surface area contributed by atoms with Crippen LogP contribution in [0.3, 0.4) is 0 Å². The minimum Gasteiger partial charge on any atom is -0.352 e. The number of thiophene rings is 1. The molecule has 128 valence electrons. The van der Waals surface area contributed by atoms with E-state index in [0.29, 0.717) is 24.6 Å². The van der Waals surface area contributed by atoms with Crippen LogP contribution in [-0.2, 0) is 12.8 Å². The molecule has 4 rings (SSSR count). The van der Waals surface area contributed by atoms with Gasteiger partial charge in [-0.3, -0.25) is 4.79 Å². The lowest BCUT2D eigenvalue weighted by Crippen LogP contribution is -2.30. The molecule has 0 fully saturated rings. The summed E-state index contributed by atoms with van der Waals surface area (Å²) in [5.41, 5.74) is 1.83. The first-order valence-electron chi connectivity index (χ1n) is 8.00. The van der Waals surface area contributed by atoms with Gasteiger partial charge in [-0.15, -0.1) is 16.4 Å². The van der Waals surface area contributed by atoms with E-state index in [1.165, 1.54) is 11.2 Å². The Morgan fingerprint density at radius 1 is 1.24 bits per heavy atom. The average Bonchev–Trinajstić information content (AvgIpc) is 3.35. The number of nitrogens with zero attached hydrogens (tertiary/aromatic N) is 6. The highest BCUT2D eigenvalue weighted by atomic mass is 32.1. The second kappa shape index (κ2) is 6.93. The lowest BCUT2D eigenvalue weighted by Gasteiger charge is -2.08. The van der Waals surface area contributed by atoms with Gasteiger partial charge in [0.05, 0.1) is 5.56 Å². The quantitative estimate of drug-likeness (QED) is 0.630. The van der Waals surface area contributed by atoms with Crippen molar-refractivity contribution in [1.29, 1.82) is 0 Å². The number of aryl methyl sites for hydroxylation is 1. The van der Waals surface area contributed by atoms with Crippen molar-refractivity contribution in [2.75, 3.05) is 18.4 Å². The van der Waals surface area contributed by atoms with Gasteiger partial charge >= 0.3 is 0 Å². The molecule has 0 unspecified atom stereocenters. The summed E-state index contributed by atoms with van der Waals surface area (Å²) in [6.45, 7) is 1.01. The number of hydrogen-bond acceptors (Lipinski definition) is 8. The van der Waals surface area contributed by atoms with Crippen LogP contribution in [0.5, 0.6) is 0 Å². The van der Waals surface area contributed by atoms with E-state index in [-0.39, 0.29) is 5.91 Å². The molecule has 1 aliphatic rings. The number of anilines is 1. The van der Waals surface area contributed by atoms with Gasteiger partial charge in [0, 0.05) is 30.4 Å². The highest BCUT2D eigenvalue weighted by Gasteiger charge is 2.27. The maximum Gasteiger partial charge on any atom is 0.254 e. The molecule has 25 heavy (non-hydrogen) atoms. The van der Waals surface area contributed by atoms with Crippen LogP contribution in [0.4, 0.5) is 5.95 Å². The largest absolute Gasteiger partial charge is 0.352 e. The standard InChI is InChI=1S/C15H16N8OS/c24-13(16-7-8-19-15-17-5-2-6-18-15)12-10-3-1-4-11(10)25-14(12)23-9-20-21-22-23/h2,5-6,9H,1,3-4,7-8H2,(H,16,24)(H,17,18,19). The molecule has 10 heteroatoms. The van der Waals surface area contributed by atoms with Crippen molar-refractivity contribution >= 4 is 23.2 Å². The summed E-state index contributed by atoms with van der Waals surface area (Å²) >= 11 is 1.59. The zero-order valence-corrected chi connectivity index (χ0v) is 14.2. The molecule has 1 amide bonds. The second-order valence-corrected chi connectivity index (χ2v) is 6.63. The predicted octanol–water partition coefficient (Wildman–Crippen LogP) is 0.844. The molecular formula is C15H16N8OS. The lowest BCUT2D eigenvalue weighted by atomic mass is 10.1. The van der Waals surface area contributed by atoms with Crippen LogP contribution in [0.1, 0.15) is 27.2 Å². The highest BCUT2D eigenvalue weighted by molar-refractivity contribution is 7.15. The van der Waals surface area contributed by atoms with E-state index in [9.17, 15) is 4.79 Å². The normalized spacial score (nSPS) is 12.8. The molecule has 3 aromatic heterocycles. The van der Waals surface area contributed by atoms with Gasteiger partial charge in [-0.2, -0.15) is 4.68 Å². The van der Waals surface area contributed by atoms with Crippen LogP contribution in [-0.4, -0.2) is 49.2 Å². The molecule has 0 atom stereocenters. The Labute approximate surface area is 147 Å². The molecule has 0 aromatic carbocycles. The fourth-order valence-electron chi connectivity index (χ4n) is 2.87. The van der Waals surface area contributed by atoms with Crippen molar-refractivity contribution in [3.8, 4) is 5.00 Å². The third-order valence-corrected chi connectivity index (χ3v) is 5.23. The van der Waals surface area contributed by atoms with Gasteiger partial charge in [-0.05, 0) is 41.3 Å². The summed E-state index contributed by atoms with van der Waals surface area (Å²) in [5.74, 6) is 0.447. The molecule has 1 aliphatic carbocycles. The first kappa shape index (κ1) is 15.6. The molecule has 0 radical (unpaired) electrons. The van der Waals surface area contributed by atoms with Gasteiger partial charge in [-0.25, -0.2) is 9.97 Å². The Hall–Kier alpha value is -2.88. The summed E-state index contributed by atoms with van der Waals surface area (Å²) in [6.07, 6.45) is 7.88. The summed E-state index contributed by atoms with van der Waals surface area (Å²) in [6, 6.07) is 1.75. The van der Waals surface area contributed by atoms with Crippen molar-refractivity contribution in [1.82, 2.24) is 35.5 Å². The van der Waals surface area contributed by atoms with Crippen molar-refractivity contribution in [3.63, 3.8) is 0 Å². The number of rotatable bonds is 6. The summed E-state index contributed by atoms with van der Waals surface area (Å²) in [5, 5.41) is 18.1. The topological polar surface area (TPSA) is 111 Å². The lowest BCUT2D eigenvalue weighted by molar-refractivity contribution is 0.0954. The Bertz CT molecular complexity index is 861. The van der Waals surface area contributed by atoms with Crippen molar-refractivity contribution < 1.29 is 4.79 Å². The number of hydrogen-bond donors (Lipinski definition) is 2. The summed E-state index contributed by atoms with van der Waals surface area (Å²) in [7, 11) is 0. The predicted molar refractivity (Wildman–Crippen MR) is 91.9 cm³/mol. The van der Waals surface area contributed by atoms with Crippen molar-refractivity contribution in [2.45, 2.75) is 19.3 Å². The Kier molecular flexibility index (Phi) is 4.34. The van der Waals surface area contributed by atoms with Gasteiger partial charge < -0.3 is 10.6 Å². The van der Waals surface area contributed by atoms with Crippen LogP contribution in [0, 0.1) is 0 Å². The fraction of sp³-hybridized carbons (Fsp3) is 0.333. The Morgan fingerprint density at radius 2 is 2.12 bits per heavy atom. The minimum atomic E-state index is -0.0966. The minimum absolute atomic E-state index is 0.0966. The van der Waals surface area contributed by atoms with Crippen LogP contribution in [0.2, 0.25) is 0 Å². The monoisotopic (exact) mass is 356 g/mol. The third kappa shape index (κ3) is 3.20. The molecule has 2 N–H and O–H groups in total. The number of amides is 1.